The van der Waals surface area contributed by atoms with Crippen molar-refractivity contribution in [1.82, 2.24) is 5.32 Å². The minimum Gasteiger partial charge on any atom is -0.375 e. The van der Waals surface area contributed by atoms with E-state index in [1.807, 2.05) is 0 Å². The van der Waals surface area contributed by atoms with Gasteiger partial charge in [-0.25, -0.2) is 0 Å². The minimum absolute atomic E-state index is 0.434. The number of ether oxygens (including phenoxy) is 1. The van der Waals surface area contributed by atoms with Crippen molar-refractivity contribution in [1.29, 1.82) is 0 Å². The van der Waals surface area contributed by atoms with Crippen molar-refractivity contribution in [3.8, 4) is 0 Å². The summed E-state index contributed by atoms with van der Waals surface area (Å²) in [5.41, 5.74) is 0. The third-order valence-corrected chi connectivity index (χ3v) is 4.18. The zero-order chi connectivity index (χ0) is 11.5. The molecule has 0 bridgehead atoms. The molecule has 16 heavy (non-hydrogen) atoms. The van der Waals surface area contributed by atoms with Gasteiger partial charge in [0.15, 0.2) is 0 Å². The Morgan fingerprint density at radius 2 is 1.38 bits per heavy atom. The van der Waals surface area contributed by atoms with Gasteiger partial charge in [-0.1, -0.05) is 6.92 Å². The molecule has 2 rings (SSSR count). The standard InChI is InChI=1S/C14H27NO/c1-10-4-6-13(7-5-10)15-14-8-11(2)16-12(3)9-14/h10-15H,4-9H2,1-3H3. The molecule has 2 atom stereocenters. The first-order chi connectivity index (χ1) is 7.63. The van der Waals surface area contributed by atoms with Crippen molar-refractivity contribution in [2.45, 2.75) is 83.6 Å². The molecule has 1 heterocycles. The third kappa shape index (κ3) is 3.46. The predicted octanol–water partition coefficient (Wildman–Crippen LogP) is 3.11. The van der Waals surface area contributed by atoms with Gasteiger partial charge in [-0.3, -0.25) is 0 Å². The molecular formula is C14H27NO. The molecule has 1 N–H and O–H groups in total. The highest BCUT2D eigenvalue weighted by Crippen LogP contribution is 2.26. The van der Waals surface area contributed by atoms with Crippen LogP contribution in [0.1, 0.15) is 59.3 Å². The van der Waals surface area contributed by atoms with E-state index in [1.165, 1.54) is 38.5 Å². The van der Waals surface area contributed by atoms with Gasteiger partial charge in [0.1, 0.15) is 0 Å². The lowest BCUT2D eigenvalue weighted by Crippen LogP contribution is -2.46. The van der Waals surface area contributed by atoms with E-state index in [0.29, 0.717) is 18.2 Å². The Morgan fingerprint density at radius 1 is 0.812 bits per heavy atom. The zero-order valence-electron chi connectivity index (χ0n) is 11.0. The number of rotatable bonds is 2. The van der Waals surface area contributed by atoms with E-state index >= 15 is 0 Å². The summed E-state index contributed by atoms with van der Waals surface area (Å²) < 4.78 is 5.78. The average Bonchev–Trinajstić information content (AvgIpc) is 2.20. The first-order valence-electron chi connectivity index (χ1n) is 7.05. The Balaban J connectivity index is 1.76. The van der Waals surface area contributed by atoms with Crippen molar-refractivity contribution < 1.29 is 4.74 Å². The van der Waals surface area contributed by atoms with Gasteiger partial charge in [0.2, 0.25) is 0 Å². The second-order valence-corrected chi connectivity index (χ2v) is 6.05. The summed E-state index contributed by atoms with van der Waals surface area (Å²) in [6, 6.07) is 1.47. The van der Waals surface area contributed by atoms with Gasteiger partial charge >= 0.3 is 0 Å². The maximum Gasteiger partial charge on any atom is 0.0565 e. The second-order valence-electron chi connectivity index (χ2n) is 6.05. The molecule has 0 aromatic heterocycles. The molecule has 2 fully saturated rings. The lowest BCUT2D eigenvalue weighted by atomic mass is 9.86. The highest BCUT2D eigenvalue weighted by Gasteiger charge is 2.27. The fraction of sp³-hybridized carbons (Fsp3) is 1.00. The summed E-state index contributed by atoms with van der Waals surface area (Å²) in [6.07, 6.45) is 8.82. The molecule has 0 radical (unpaired) electrons. The lowest BCUT2D eigenvalue weighted by molar-refractivity contribution is -0.0442. The SMILES string of the molecule is CC1CCC(NC2CC(C)OC(C)C2)CC1. The monoisotopic (exact) mass is 225 g/mol. The van der Waals surface area contributed by atoms with Gasteiger partial charge in [-0.15, -0.1) is 0 Å². The first kappa shape index (κ1) is 12.4. The van der Waals surface area contributed by atoms with E-state index in [-0.39, 0.29) is 0 Å². The second kappa shape index (κ2) is 5.50. The molecule has 0 aromatic carbocycles. The van der Waals surface area contributed by atoms with Crippen LogP contribution in [0, 0.1) is 5.92 Å². The summed E-state index contributed by atoms with van der Waals surface area (Å²) in [7, 11) is 0. The molecule has 2 unspecified atom stereocenters. The maximum absolute atomic E-state index is 5.78. The number of hydrogen-bond acceptors (Lipinski definition) is 2. The van der Waals surface area contributed by atoms with Crippen molar-refractivity contribution in [2.24, 2.45) is 5.92 Å². The van der Waals surface area contributed by atoms with Crippen molar-refractivity contribution in [2.75, 3.05) is 0 Å². The molecule has 2 aliphatic rings. The third-order valence-electron chi connectivity index (χ3n) is 4.18. The number of hydrogen-bond donors (Lipinski definition) is 1. The molecule has 0 amide bonds. The van der Waals surface area contributed by atoms with E-state index in [2.05, 4.69) is 26.1 Å². The Morgan fingerprint density at radius 3 is 1.94 bits per heavy atom. The highest BCUT2D eigenvalue weighted by molar-refractivity contribution is 4.84. The van der Waals surface area contributed by atoms with Gasteiger partial charge in [0.25, 0.3) is 0 Å². The van der Waals surface area contributed by atoms with Crippen LogP contribution in [-0.2, 0) is 4.74 Å². The van der Waals surface area contributed by atoms with Crippen LogP contribution in [0.25, 0.3) is 0 Å². The lowest BCUT2D eigenvalue weighted by Gasteiger charge is -2.37. The predicted molar refractivity (Wildman–Crippen MR) is 67.6 cm³/mol. The topological polar surface area (TPSA) is 21.3 Å². The van der Waals surface area contributed by atoms with Gasteiger partial charge in [-0.05, 0) is 58.3 Å². The molecule has 1 aliphatic carbocycles. The van der Waals surface area contributed by atoms with Crippen molar-refractivity contribution in [3.05, 3.63) is 0 Å². The molecule has 2 heteroatoms. The minimum atomic E-state index is 0.434. The molecular weight excluding hydrogens is 198 g/mol. The number of nitrogens with one attached hydrogen (secondary N) is 1. The van der Waals surface area contributed by atoms with Crippen molar-refractivity contribution in [3.63, 3.8) is 0 Å². The summed E-state index contributed by atoms with van der Waals surface area (Å²) >= 11 is 0. The van der Waals surface area contributed by atoms with E-state index in [9.17, 15) is 0 Å². The summed E-state index contributed by atoms with van der Waals surface area (Å²) in [6.45, 7) is 6.79. The molecule has 1 aliphatic heterocycles. The van der Waals surface area contributed by atoms with Crippen LogP contribution in [0.2, 0.25) is 0 Å². The van der Waals surface area contributed by atoms with E-state index in [1.54, 1.807) is 0 Å². The van der Waals surface area contributed by atoms with E-state index < -0.39 is 0 Å². The van der Waals surface area contributed by atoms with Crippen molar-refractivity contribution >= 4 is 0 Å². The van der Waals surface area contributed by atoms with Crippen LogP contribution in [0.4, 0.5) is 0 Å². The molecule has 0 aromatic rings. The van der Waals surface area contributed by atoms with Gasteiger partial charge in [-0.2, -0.15) is 0 Å². The normalized spacial score (nSPS) is 45.6. The fourth-order valence-corrected chi connectivity index (χ4v) is 3.30. The van der Waals surface area contributed by atoms with Gasteiger partial charge in [0.05, 0.1) is 12.2 Å². The summed E-state index contributed by atoms with van der Waals surface area (Å²) in [5, 5.41) is 3.86. The molecule has 2 nitrogen and oxygen atoms in total. The molecule has 1 saturated heterocycles. The fourth-order valence-electron chi connectivity index (χ4n) is 3.30. The first-order valence-corrected chi connectivity index (χ1v) is 7.05. The average molecular weight is 225 g/mol. The van der Waals surface area contributed by atoms with Crippen LogP contribution in [-0.4, -0.2) is 24.3 Å². The highest BCUT2D eigenvalue weighted by atomic mass is 16.5. The van der Waals surface area contributed by atoms with Crippen LogP contribution in [0.15, 0.2) is 0 Å². The summed E-state index contributed by atoms with van der Waals surface area (Å²) in [4.78, 5) is 0. The van der Waals surface area contributed by atoms with Crippen LogP contribution >= 0.6 is 0 Å². The Labute approximate surface area is 100 Å². The Kier molecular flexibility index (Phi) is 4.26. The van der Waals surface area contributed by atoms with E-state index in [4.69, 9.17) is 4.74 Å². The Bertz CT molecular complexity index is 201. The van der Waals surface area contributed by atoms with E-state index in [0.717, 1.165) is 12.0 Å². The Hall–Kier alpha value is -0.0800. The zero-order valence-corrected chi connectivity index (χ0v) is 11.0. The molecule has 1 saturated carbocycles. The smallest absolute Gasteiger partial charge is 0.0565 e. The van der Waals surface area contributed by atoms with Crippen LogP contribution in [0.5, 0.6) is 0 Å². The van der Waals surface area contributed by atoms with Crippen LogP contribution in [0.3, 0.4) is 0 Å². The quantitative estimate of drug-likeness (QED) is 0.779. The van der Waals surface area contributed by atoms with Crippen LogP contribution < -0.4 is 5.32 Å². The van der Waals surface area contributed by atoms with Gasteiger partial charge in [0, 0.05) is 12.1 Å². The summed E-state index contributed by atoms with van der Waals surface area (Å²) in [5.74, 6) is 0.950. The van der Waals surface area contributed by atoms with Gasteiger partial charge < -0.3 is 10.1 Å². The molecule has 94 valence electrons. The maximum atomic E-state index is 5.78. The molecule has 0 spiro atoms. The largest absolute Gasteiger partial charge is 0.375 e.